The number of rotatable bonds is 12. The Hall–Kier alpha value is -4.34. The molecule has 2 aromatic carbocycles. The molecular weight excluding hydrogens is 724 g/mol. The zero-order valence-electron chi connectivity index (χ0n) is 32.9. The molecule has 296 valence electrons. The Balaban J connectivity index is 1.02. The summed E-state index contributed by atoms with van der Waals surface area (Å²) in [6, 6.07) is 18.0. The predicted octanol–water partition coefficient (Wildman–Crippen LogP) is 9.11. The number of aromatic nitrogens is 2. The van der Waals surface area contributed by atoms with E-state index >= 15 is 0 Å². The van der Waals surface area contributed by atoms with Crippen LogP contribution in [0.15, 0.2) is 73.2 Å². The molecule has 9 nitrogen and oxygen atoms in total. The Labute approximate surface area is 336 Å². The number of carbonyl (C=O) groups is 1. The lowest BCUT2D eigenvalue weighted by atomic mass is 9.59. The van der Waals surface area contributed by atoms with Crippen molar-refractivity contribution in [1.29, 1.82) is 0 Å². The Morgan fingerprint density at radius 2 is 1.88 bits per heavy atom. The van der Waals surface area contributed by atoms with Gasteiger partial charge in [-0.3, -0.25) is 9.97 Å². The van der Waals surface area contributed by atoms with Crippen molar-refractivity contribution in [2.24, 2.45) is 17.8 Å². The number of anilines is 1. The van der Waals surface area contributed by atoms with E-state index in [1.807, 2.05) is 48.8 Å². The van der Waals surface area contributed by atoms with Crippen LogP contribution in [0.1, 0.15) is 92.7 Å². The van der Waals surface area contributed by atoms with Gasteiger partial charge in [0.25, 0.3) is 0 Å². The van der Waals surface area contributed by atoms with Gasteiger partial charge < -0.3 is 29.5 Å². The molecule has 4 aliphatic rings. The number of nitrogens with one attached hydrogen (secondary N) is 1. The molecule has 1 saturated carbocycles. The summed E-state index contributed by atoms with van der Waals surface area (Å²) in [5.74, 6) is 3.03. The molecule has 0 amide bonds. The van der Waals surface area contributed by atoms with Crippen molar-refractivity contribution >= 4 is 23.3 Å². The minimum absolute atomic E-state index is 0.197. The van der Waals surface area contributed by atoms with E-state index in [1.165, 1.54) is 40.8 Å². The van der Waals surface area contributed by atoms with Gasteiger partial charge in [-0.2, -0.15) is 0 Å². The van der Waals surface area contributed by atoms with Crippen molar-refractivity contribution in [3.05, 3.63) is 106 Å². The fourth-order valence-electron chi connectivity index (χ4n) is 10.2. The van der Waals surface area contributed by atoms with Gasteiger partial charge in [-0.15, -0.1) is 0 Å². The minimum Gasteiger partial charge on any atom is -0.493 e. The van der Waals surface area contributed by atoms with Gasteiger partial charge >= 0.3 is 5.97 Å². The molecule has 4 aromatic rings. The molecular formula is C46H55ClN4O5. The molecule has 1 aliphatic heterocycles. The lowest BCUT2D eigenvalue weighted by Crippen LogP contribution is -2.53. The molecule has 0 bridgehead atoms. The van der Waals surface area contributed by atoms with E-state index < -0.39 is 11.5 Å². The Morgan fingerprint density at radius 1 is 1.07 bits per heavy atom. The average Bonchev–Trinajstić information content (AvgIpc) is 3.31. The number of carboxylic acids is 1. The van der Waals surface area contributed by atoms with E-state index in [4.69, 9.17) is 25.8 Å². The van der Waals surface area contributed by atoms with Crippen molar-refractivity contribution in [3.8, 4) is 17.2 Å². The van der Waals surface area contributed by atoms with Gasteiger partial charge in [-0.25, -0.2) is 4.79 Å². The van der Waals surface area contributed by atoms with Crippen LogP contribution in [0.2, 0.25) is 5.02 Å². The number of aryl methyl sites for hydroxylation is 1. The van der Waals surface area contributed by atoms with Crippen LogP contribution in [0.4, 0.5) is 5.69 Å². The van der Waals surface area contributed by atoms with Gasteiger partial charge in [0, 0.05) is 59.6 Å². The summed E-state index contributed by atoms with van der Waals surface area (Å²) in [4.78, 5) is 24.4. The molecule has 0 radical (unpaired) electrons. The first-order valence-corrected chi connectivity index (χ1v) is 20.9. The standard InChI is InChI=1S/C46H55ClN4O5/c1-30(27-54-40-12-18-49-39-11-4-7-31(2)43(39)40)19-35-20-34-21-41-42(56-29-33(28-55-41)26-51(3)25-32-8-6-17-48-24-32)23-38(34)45(35)13-15-46(16-14-45,44(52)53)50-37-10-5-9-36(47)22-37/h5-6,8-10,12,17-18,21-24,30-31,33,35,50H,4,7,11,13-16,19-20,25-29H2,1-3H3,(H,52,53)/t30-,31-,33?,35?,45?,46?/m1/s1. The van der Waals surface area contributed by atoms with E-state index in [0.717, 1.165) is 68.1 Å². The first-order chi connectivity index (χ1) is 27.1. The summed E-state index contributed by atoms with van der Waals surface area (Å²) < 4.78 is 19.7. The van der Waals surface area contributed by atoms with Crippen LogP contribution in [-0.4, -0.2) is 64.9 Å². The van der Waals surface area contributed by atoms with Gasteiger partial charge in [0.05, 0.1) is 19.8 Å². The van der Waals surface area contributed by atoms with E-state index in [-0.39, 0.29) is 11.3 Å². The van der Waals surface area contributed by atoms with Crippen molar-refractivity contribution in [3.63, 3.8) is 0 Å². The minimum atomic E-state index is -1.09. The first kappa shape index (κ1) is 38.5. The number of pyridine rings is 2. The van der Waals surface area contributed by atoms with Crippen molar-refractivity contribution in [1.82, 2.24) is 14.9 Å². The van der Waals surface area contributed by atoms with Gasteiger partial charge in [0.2, 0.25) is 0 Å². The number of aliphatic carboxylic acids is 1. The van der Waals surface area contributed by atoms with E-state index in [9.17, 15) is 9.90 Å². The Kier molecular flexibility index (Phi) is 11.2. The molecule has 2 aromatic heterocycles. The SMILES string of the molecule is C[C@@H](COc1ccnc2c1[C@H](C)CCC2)CC1Cc2cc3c(cc2C12CCC(Nc1cccc(Cl)c1)(C(=O)O)CC2)OCC(CN(C)Cc1cccnc1)CO3. The zero-order chi connectivity index (χ0) is 38.9. The lowest BCUT2D eigenvalue weighted by Gasteiger charge is -2.47. The number of halogens is 1. The number of benzene rings is 2. The highest BCUT2D eigenvalue weighted by molar-refractivity contribution is 6.30. The maximum absolute atomic E-state index is 13.1. The highest BCUT2D eigenvalue weighted by Gasteiger charge is 2.54. The van der Waals surface area contributed by atoms with Crippen molar-refractivity contribution in [2.75, 3.05) is 38.7 Å². The van der Waals surface area contributed by atoms with E-state index in [0.29, 0.717) is 55.4 Å². The summed E-state index contributed by atoms with van der Waals surface area (Å²) in [5.41, 5.74) is 5.68. The second-order valence-electron chi connectivity index (χ2n) is 17.2. The molecule has 2 N–H and O–H groups in total. The van der Waals surface area contributed by atoms with E-state index in [2.05, 4.69) is 59.3 Å². The van der Waals surface area contributed by atoms with Crippen LogP contribution >= 0.6 is 11.6 Å². The number of ether oxygens (including phenoxy) is 3. The number of hydrogen-bond acceptors (Lipinski definition) is 8. The quantitative estimate of drug-likeness (QED) is 0.146. The monoisotopic (exact) mass is 778 g/mol. The number of fused-ring (bicyclic) bond motifs is 4. The summed E-state index contributed by atoms with van der Waals surface area (Å²) in [6.07, 6.45) is 13.3. The molecule has 2 unspecified atom stereocenters. The maximum atomic E-state index is 13.1. The molecule has 3 heterocycles. The fraction of sp³-hybridized carbons (Fsp3) is 0.500. The van der Waals surface area contributed by atoms with Crippen molar-refractivity contribution < 1.29 is 24.1 Å². The second-order valence-corrected chi connectivity index (χ2v) is 17.6. The largest absolute Gasteiger partial charge is 0.493 e. The normalized spacial score (nSPS) is 25.9. The van der Waals surface area contributed by atoms with Crippen molar-refractivity contribution in [2.45, 2.75) is 95.1 Å². The van der Waals surface area contributed by atoms with Crippen LogP contribution < -0.4 is 19.5 Å². The third-order valence-electron chi connectivity index (χ3n) is 13.0. The van der Waals surface area contributed by atoms with Gasteiger partial charge in [-0.1, -0.05) is 37.6 Å². The lowest BCUT2D eigenvalue weighted by molar-refractivity contribution is -0.144. The van der Waals surface area contributed by atoms with Crippen LogP contribution in [0.5, 0.6) is 17.2 Å². The summed E-state index contributed by atoms with van der Waals surface area (Å²) in [7, 11) is 2.13. The Morgan fingerprint density at radius 3 is 2.62 bits per heavy atom. The highest BCUT2D eigenvalue weighted by atomic mass is 35.5. The number of nitrogens with zero attached hydrogens (tertiary/aromatic N) is 3. The zero-order valence-corrected chi connectivity index (χ0v) is 33.7. The second kappa shape index (κ2) is 16.3. The molecule has 3 aliphatic carbocycles. The third-order valence-corrected chi connectivity index (χ3v) is 13.3. The van der Waals surface area contributed by atoms with Crippen LogP contribution in [0.25, 0.3) is 0 Å². The molecule has 10 heteroatoms. The fourth-order valence-corrected chi connectivity index (χ4v) is 10.4. The predicted molar refractivity (Wildman–Crippen MR) is 219 cm³/mol. The summed E-state index contributed by atoms with van der Waals surface area (Å²) in [5, 5.41) is 14.7. The average molecular weight is 779 g/mol. The topological polar surface area (TPSA) is 106 Å². The maximum Gasteiger partial charge on any atom is 0.329 e. The van der Waals surface area contributed by atoms with E-state index in [1.54, 1.807) is 6.20 Å². The molecule has 0 saturated heterocycles. The van der Waals surface area contributed by atoms with Crippen LogP contribution in [0.3, 0.4) is 0 Å². The Bertz CT molecular complexity index is 2020. The molecule has 4 atom stereocenters. The van der Waals surface area contributed by atoms with Crippen LogP contribution in [-0.2, 0) is 29.6 Å². The molecule has 56 heavy (non-hydrogen) atoms. The number of hydrogen-bond donors (Lipinski definition) is 2. The molecule has 8 rings (SSSR count). The highest BCUT2D eigenvalue weighted by Crippen LogP contribution is 2.58. The number of carboxylic acid groups (broad SMARTS) is 1. The summed E-state index contributed by atoms with van der Waals surface area (Å²) in [6.45, 7) is 8.01. The van der Waals surface area contributed by atoms with Gasteiger partial charge in [-0.05, 0) is 147 Å². The van der Waals surface area contributed by atoms with Crippen LogP contribution in [0, 0.1) is 17.8 Å². The smallest absolute Gasteiger partial charge is 0.329 e. The first-order valence-electron chi connectivity index (χ1n) is 20.5. The molecule has 1 fully saturated rings. The summed E-state index contributed by atoms with van der Waals surface area (Å²) >= 11 is 6.33. The molecule has 1 spiro atoms. The van der Waals surface area contributed by atoms with Gasteiger partial charge in [0.1, 0.15) is 11.3 Å². The van der Waals surface area contributed by atoms with Gasteiger partial charge in [0.15, 0.2) is 11.5 Å². The third kappa shape index (κ3) is 7.94.